The van der Waals surface area contributed by atoms with E-state index in [-0.39, 0.29) is 0 Å². The van der Waals surface area contributed by atoms with E-state index >= 15 is 0 Å². The van der Waals surface area contributed by atoms with E-state index in [0.717, 1.165) is 13.1 Å². The fraction of sp³-hybridized carbons (Fsp3) is 0.429. The number of hydrogen-bond acceptors (Lipinski definition) is 1. The van der Waals surface area contributed by atoms with Crippen LogP contribution in [0.4, 0.5) is 0 Å². The molecule has 15 heavy (non-hydrogen) atoms. The molecule has 1 rings (SSSR count). The van der Waals surface area contributed by atoms with Crippen molar-refractivity contribution in [1.82, 2.24) is 4.90 Å². The fourth-order valence-corrected chi connectivity index (χ4v) is 1.47. The summed E-state index contributed by atoms with van der Waals surface area (Å²) in [4.78, 5) is 2.31. The minimum atomic E-state index is 0.648. The molecule has 0 aliphatic rings. The minimum Gasteiger partial charge on any atom is -0.298 e. The quantitative estimate of drug-likeness (QED) is 0.663. The van der Waals surface area contributed by atoms with Gasteiger partial charge in [-0.2, -0.15) is 0 Å². The zero-order valence-electron chi connectivity index (χ0n) is 9.98. The summed E-state index contributed by atoms with van der Waals surface area (Å²) in [6.07, 6.45) is 4.50. The van der Waals surface area contributed by atoms with Crippen LogP contribution < -0.4 is 0 Å². The van der Waals surface area contributed by atoms with E-state index in [1.807, 2.05) is 0 Å². The van der Waals surface area contributed by atoms with E-state index in [1.54, 1.807) is 0 Å². The Hall–Kier alpha value is -1.08. The molecule has 1 aromatic carbocycles. The molecule has 0 fully saturated rings. The Bertz CT molecular complexity index is 287. The van der Waals surface area contributed by atoms with Crippen molar-refractivity contribution in [2.45, 2.75) is 20.4 Å². The second kappa shape index (κ2) is 6.41. The monoisotopic (exact) mass is 203 g/mol. The molecule has 82 valence electrons. The summed E-state index contributed by atoms with van der Waals surface area (Å²) in [7, 11) is 2.15. The van der Waals surface area contributed by atoms with Crippen LogP contribution in [0.15, 0.2) is 42.5 Å². The number of rotatable bonds is 5. The van der Waals surface area contributed by atoms with E-state index in [1.165, 1.54) is 5.56 Å². The van der Waals surface area contributed by atoms with E-state index in [2.05, 4.69) is 68.3 Å². The number of nitrogens with zero attached hydrogens (tertiary/aromatic N) is 1. The van der Waals surface area contributed by atoms with Crippen LogP contribution in [0.2, 0.25) is 0 Å². The summed E-state index contributed by atoms with van der Waals surface area (Å²) in [6, 6.07) is 10.6. The standard InChI is InChI=1S/C14H21N/c1-13(2)8-7-11-15(3)12-14-9-5-4-6-10-14/h4-10,13H,11-12H2,1-3H3/b8-7+. The molecule has 1 nitrogen and oxygen atoms in total. The first-order valence-electron chi connectivity index (χ1n) is 5.57. The smallest absolute Gasteiger partial charge is 0.0233 e. The van der Waals surface area contributed by atoms with E-state index < -0.39 is 0 Å². The van der Waals surface area contributed by atoms with Crippen LogP contribution in [-0.2, 0) is 6.54 Å². The first-order chi connectivity index (χ1) is 7.18. The summed E-state index contributed by atoms with van der Waals surface area (Å²) in [5.41, 5.74) is 1.37. The second-order valence-electron chi connectivity index (χ2n) is 4.35. The summed E-state index contributed by atoms with van der Waals surface area (Å²) in [5.74, 6) is 0.648. The fourth-order valence-electron chi connectivity index (χ4n) is 1.47. The summed E-state index contributed by atoms with van der Waals surface area (Å²) in [6.45, 7) is 6.44. The maximum absolute atomic E-state index is 2.31. The summed E-state index contributed by atoms with van der Waals surface area (Å²) >= 11 is 0. The first-order valence-corrected chi connectivity index (χ1v) is 5.57. The molecular weight excluding hydrogens is 182 g/mol. The van der Waals surface area contributed by atoms with Crippen molar-refractivity contribution in [3.8, 4) is 0 Å². The average Bonchev–Trinajstić information content (AvgIpc) is 2.18. The SMILES string of the molecule is CC(C)/C=C/CN(C)Cc1ccccc1. The highest BCUT2D eigenvalue weighted by atomic mass is 15.1. The van der Waals surface area contributed by atoms with Gasteiger partial charge in [0.2, 0.25) is 0 Å². The Morgan fingerprint density at radius 3 is 2.47 bits per heavy atom. The van der Waals surface area contributed by atoms with Crippen LogP contribution in [0, 0.1) is 5.92 Å². The lowest BCUT2D eigenvalue weighted by molar-refractivity contribution is 0.363. The highest BCUT2D eigenvalue weighted by Crippen LogP contribution is 2.02. The lowest BCUT2D eigenvalue weighted by Gasteiger charge is -2.14. The van der Waals surface area contributed by atoms with Gasteiger partial charge in [-0.25, -0.2) is 0 Å². The molecule has 0 atom stereocenters. The molecule has 0 spiro atoms. The van der Waals surface area contributed by atoms with Gasteiger partial charge in [0, 0.05) is 13.1 Å². The topological polar surface area (TPSA) is 3.24 Å². The lowest BCUT2D eigenvalue weighted by Crippen LogP contribution is -2.17. The van der Waals surface area contributed by atoms with Gasteiger partial charge in [-0.3, -0.25) is 4.90 Å². The van der Waals surface area contributed by atoms with Crippen LogP contribution in [0.25, 0.3) is 0 Å². The molecule has 0 bridgehead atoms. The Morgan fingerprint density at radius 1 is 1.20 bits per heavy atom. The third kappa shape index (κ3) is 5.38. The van der Waals surface area contributed by atoms with Crippen molar-refractivity contribution in [3.05, 3.63) is 48.0 Å². The molecule has 0 radical (unpaired) electrons. The molecule has 1 aromatic rings. The van der Waals surface area contributed by atoms with Gasteiger partial charge in [0.1, 0.15) is 0 Å². The van der Waals surface area contributed by atoms with E-state index in [4.69, 9.17) is 0 Å². The molecule has 0 aliphatic carbocycles. The van der Waals surface area contributed by atoms with Gasteiger partial charge in [0.25, 0.3) is 0 Å². The molecule has 0 unspecified atom stereocenters. The molecule has 0 N–H and O–H groups in total. The van der Waals surface area contributed by atoms with Crippen molar-refractivity contribution >= 4 is 0 Å². The van der Waals surface area contributed by atoms with Crippen LogP contribution in [0.3, 0.4) is 0 Å². The Kier molecular flexibility index (Phi) is 5.13. The zero-order valence-corrected chi connectivity index (χ0v) is 9.98. The van der Waals surface area contributed by atoms with Crippen LogP contribution >= 0.6 is 0 Å². The average molecular weight is 203 g/mol. The summed E-state index contributed by atoms with van der Waals surface area (Å²) < 4.78 is 0. The maximum atomic E-state index is 2.31. The highest BCUT2D eigenvalue weighted by molar-refractivity contribution is 5.14. The molecular formula is C14H21N. The third-order valence-corrected chi connectivity index (χ3v) is 2.23. The number of likely N-dealkylation sites (N-methyl/N-ethyl adjacent to an activating group) is 1. The molecule has 0 amide bonds. The molecule has 0 saturated heterocycles. The third-order valence-electron chi connectivity index (χ3n) is 2.23. The minimum absolute atomic E-state index is 0.648. The van der Waals surface area contributed by atoms with Crippen LogP contribution in [0.5, 0.6) is 0 Å². The van der Waals surface area contributed by atoms with Crippen molar-refractivity contribution < 1.29 is 0 Å². The van der Waals surface area contributed by atoms with Gasteiger partial charge in [-0.05, 0) is 18.5 Å². The molecule has 0 saturated carbocycles. The summed E-state index contributed by atoms with van der Waals surface area (Å²) in [5, 5.41) is 0. The van der Waals surface area contributed by atoms with Crippen LogP contribution in [0.1, 0.15) is 19.4 Å². The van der Waals surface area contributed by atoms with Crippen molar-refractivity contribution in [3.63, 3.8) is 0 Å². The Labute approximate surface area is 93.4 Å². The molecule has 0 aliphatic heterocycles. The number of allylic oxidation sites excluding steroid dienone is 1. The largest absolute Gasteiger partial charge is 0.298 e. The first kappa shape index (κ1) is 12.0. The van der Waals surface area contributed by atoms with E-state index in [0.29, 0.717) is 5.92 Å². The van der Waals surface area contributed by atoms with E-state index in [9.17, 15) is 0 Å². The number of benzene rings is 1. The van der Waals surface area contributed by atoms with Crippen molar-refractivity contribution in [2.75, 3.05) is 13.6 Å². The predicted molar refractivity (Wildman–Crippen MR) is 66.8 cm³/mol. The zero-order chi connectivity index (χ0) is 11.1. The Balaban J connectivity index is 2.33. The normalized spacial score (nSPS) is 11.8. The Morgan fingerprint density at radius 2 is 1.87 bits per heavy atom. The predicted octanol–water partition coefficient (Wildman–Crippen LogP) is 3.33. The van der Waals surface area contributed by atoms with Gasteiger partial charge in [-0.1, -0.05) is 56.3 Å². The highest BCUT2D eigenvalue weighted by Gasteiger charge is 1.96. The number of hydrogen-bond donors (Lipinski definition) is 0. The lowest BCUT2D eigenvalue weighted by atomic mass is 10.2. The van der Waals surface area contributed by atoms with Gasteiger partial charge >= 0.3 is 0 Å². The molecule has 1 heteroatoms. The molecule has 0 aromatic heterocycles. The molecule has 0 heterocycles. The maximum Gasteiger partial charge on any atom is 0.0233 e. The van der Waals surface area contributed by atoms with Crippen molar-refractivity contribution in [1.29, 1.82) is 0 Å². The van der Waals surface area contributed by atoms with Crippen molar-refractivity contribution in [2.24, 2.45) is 5.92 Å². The van der Waals surface area contributed by atoms with Gasteiger partial charge in [0.05, 0.1) is 0 Å². The second-order valence-corrected chi connectivity index (χ2v) is 4.35. The van der Waals surface area contributed by atoms with Gasteiger partial charge < -0.3 is 0 Å². The van der Waals surface area contributed by atoms with Gasteiger partial charge in [0.15, 0.2) is 0 Å². The van der Waals surface area contributed by atoms with Crippen LogP contribution in [-0.4, -0.2) is 18.5 Å². The van der Waals surface area contributed by atoms with Gasteiger partial charge in [-0.15, -0.1) is 0 Å².